The average molecular weight is 232 g/mol. The minimum atomic E-state index is -4.44. The van der Waals surface area contributed by atoms with Crippen molar-refractivity contribution in [2.45, 2.75) is 5.37 Å². The Kier molecular flexibility index (Phi) is 3.03. The molecule has 7 nitrogen and oxygen atoms in total. The van der Waals surface area contributed by atoms with Gasteiger partial charge in [-0.1, -0.05) is 12.1 Å². The van der Waals surface area contributed by atoms with E-state index in [0.29, 0.717) is 0 Å². The van der Waals surface area contributed by atoms with Gasteiger partial charge in [0, 0.05) is 12.1 Å². The lowest BCUT2D eigenvalue weighted by Gasteiger charge is -2.07. The van der Waals surface area contributed by atoms with Gasteiger partial charge < -0.3 is 5.73 Å². The number of rotatable bonds is 3. The highest BCUT2D eigenvalue weighted by Crippen LogP contribution is 2.20. The first-order valence-corrected chi connectivity index (χ1v) is 5.29. The second-order valence-corrected chi connectivity index (χ2v) is 4.33. The molecule has 3 N–H and O–H groups in total. The summed E-state index contributed by atoms with van der Waals surface area (Å²) in [6, 6.07) is 4.77. The van der Waals surface area contributed by atoms with Crippen molar-refractivity contribution in [3.63, 3.8) is 0 Å². The lowest BCUT2D eigenvalue weighted by atomic mass is 10.2. The van der Waals surface area contributed by atoms with E-state index in [1.54, 1.807) is 0 Å². The van der Waals surface area contributed by atoms with Gasteiger partial charge in [0.2, 0.25) is 0 Å². The molecule has 1 unspecified atom stereocenters. The molecule has 0 spiro atoms. The molecule has 8 heteroatoms. The number of nitrogens with zero attached hydrogens (tertiary/aromatic N) is 1. The van der Waals surface area contributed by atoms with Crippen molar-refractivity contribution in [2.24, 2.45) is 5.73 Å². The van der Waals surface area contributed by atoms with Crippen LogP contribution in [0.25, 0.3) is 0 Å². The Bertz CT molecular complexity index is 484. The quantitative estimate of drug-likeness (QED) is 0.442. The number of hydrogen-bond donors (Lipinski definition) is 2. The molecule has 0 amide bonds. The number of nitrogens with two attached hydrogens (primary N) is 1. The maximum absolute atomic E-state index is 10.7. The van der Waals surface area contributed by atoms with Crippen LogP contribution < -0.4 is 5.73 Å². The summed E-state index contributed by atoms with van der Waals surface area (Å²) < 4.78 is 30.0. The Morgan fingerprint density at radius 3 is 2.53 bits per heavy atom. The molecule has 1 atom stereocenters. The van der Waals surface area contributed by atoms with Crippen molar-refractivity contribution in [3.8, 4) is 0 Å². The molecule has 0 saturated carbocycles. The molecule has 0 bridgehead atoms. The molecule has 1 rings (SSSR count). The number of hydrogen-bond acceptors (Lipinski definition) is 5. The highest BCUT2D eigenvalue weighted by Gasteiger charge is 2.21. The number of nitro groups is 1. The van der Waals surface area contributed by atoms with Crippen LogP contribution in [0.4, 0.5) is 5.69 Å². The lowest BCUT2D eigenvalue weighted by Crippen LogP contribution is -2.20. The fraction of sp³-hybridized carbons (Fsp3) is 0.143. The van der Waals surface area contributed by atoms with Crippen LogP contribution in [-0.2, 0) is 10.1 Å². The molecular weight excluding hydrogens is 224 g/mol. The Morgan fingerprint density at radius 1 is 1.47 bits per heavy atom. The van der Waals surface area contributed by atoms with E-state index in [9.17, 15) is 18.5 Å². The summed E-state index contributed by atoms with van der Waals surface area (Å²) in [5.74, 6) is 0. The molecule has 0 aliphatic rings. The lowest BCUT2D eigenvalue weighted by molar-refractivity contribution is -0.384. The van der Waals surface area contributed by atoms with Crippen molar-refractivity contribution in [2.75, 3.05) is 0 Å². The second kappa shape index (κ2) is 3.93. The SMILES string of the molecule is NC(c1cccc([N+](=O)[O-])c1)S(=O)(=O)O. The molecule has 1 aromatic carbocycles. The Balaban J connectivity index is 3.17. The summed E-state index contributed by atoms with van der Waals surface area (Å²) in [7, 11) is -4.44. The highest BCUT2D eigenvalue weighted by atomic mass is 32.2. The van der Waals surface area contributed by atoms with Crippen LogP contribution in [0.1, 0.15) is 10.9 Å². The van der Waals surface area contributed by atoms with Gasteiger partial charge in [0.25, 0.3) is 15.8 Å². The standard InChI is InChI=1S/C7H8N2O5S/c8-7(15(12,13)14)5-2-1-3-6(4-5)9(10)11/h1-4,7H,8H2,(H,12,13,14). The van der Waals surface area contributed by atoms with E-state index in [2.05, 4.69) is 0 Å². The van der Waals surface area contributed by atoms with Gasteiger partial charge in [-0.15, -0.1) is 0 Å². The van der Waals surface area contributed by atoms with Crippen LogP contribution in [0.2, 0.25) is 0 Å². The predicted octanol–water partition coefficient (Wildman–Crippen LogP) is 0.440. The summed E-state index contributed by atoms with van der Waals surface area (Å²) in [6.45, 7) is 0. The summed E-state index contributed by atoms with van der Waals surface area (Å²) in [5.41, 5.74) is 4.86. The first kappa shape index (κ1) is 11.6. The second-order valence-electron chi connectivity index (χ2n) is 2.79. The molecule has 82 valence electrons. The molecule has 15 heavy (non-hydrogen) atoms. The Morgan fingerprint density at radius 2 is 2.07 bits per heavy atom. The van der Waals surface area contributed by atoms with Crippen molar-refractivity contribution in [1.82, 2.24) is 0 Å². The van der Waals surface area contributed by atoms with Crippen LogP contribution in [0, 0.1) is 10.1 Å². The normalized spacial score (nSPS) is 13.5. The van der Waals surface area contributed by atoms with Crippen molar-refractivity contribution in [1.29, 1.82) is 0 Å². The number of non-ortho nitro benzene ring substituents is 1. The number of nitro benzene ring substituents is 1. The minimum absolute atomic E-state index is 0.0355. The van der Waals surface area contributed by atoms with E-state index in [1.807, 2.05) is 0 Å². The highest BCUT2D eigenvalue weighted by molar-refractivity contribution is 7.86. The molecule has 0 aromatic heterocycles. The van der Waals surface area contributed by atoms with E-state index in [-0.39, 0.29) is 11.3 Å². The average Bonchev–Trinajstić information content (AvgIpc) is 2.15. The van der Waals surface area contributed by atoms with E-state index < -0.39 is 20.4 Å². The zero-order chi connectivity index (χ0) is 11.6. The first-order chi connectivity index (χ1) is 6.82. The first-order valence-electron chi connectivity index (χ1n) is 3.78. The summed E-state index contributed by atoms with van der Waals surface area (Å²) >= 11 is 0. The van der Waals surface area contributed by atoms with Gasteiger partial charge in [-0.3, -0.25) is 14.7 Å². The van der Waals surface area contributed by atoms with Crippen LogP contribution in [0.3, 0.4) is 0 Å². The van der Waals surface area contributed by atoms with Gasteiger partial charge in [0.05, 0.1) is 4.92 Å². The third kappa shape index (κ3) is 2.72. The summed E-state index contributed by atoms with van der Waals surface area (Å²) in [4.78, 5) is 9.70. The van der Waals surface area contributed by atoms with Crippen molar-refractivity contribution < 1.29 is 17.9 Å². The zero-order valence-electron chi connectivity index (χ0n) is 7.40. The largest absolute Gasteiger partial charge is 0.309 e. The molecular formula is C7H8N2O5S. The third-order valence-corrected chi connectivity index (χ3v) is 2.64. The Labute approximate surface area is 85.4 Å². The van der Waals surface area contributed by atoms with E-state index >= 15 is 0 Å². The van der Waals surface area contributed by atoms with E-state index in [1.165, 1.54) is 18.2 Å². The fourth-order valence-corrected chi connectivity index (χ4v) is 1.48. The monoisotopic (exact) mass is 232 g/mol. The minimum Gasteiger partial charge on any atom is -0.309 e. The van der Waals surface area contributed by atoms with Crippen LogP contribution in [-0.4, -0.2) is 17.9 Å². The van der Waals surface area contributed by atoms with E-state index in [4.69, 9.17) is 10.3 Å². The van der Waals surface area contributed by atoms with E-state index in [0.717, 1.165) is 6.07 Å². The number of benzene rings is 1. The third-order valence-electron chi connectivity index (χ3n) is 1.73. The Hall–Kier alpha value is -1.51. The summed E-state index contributed by atoms with van der Waals surface area (Å²) in [6.07, 6.45) is 0. The van der Waals surface area contributed by atoms with Crippen molar-refractivity contribution in [3.05, 3.63) is 39.9 Å². The molecule has 0 radical (unpaired) electrons. The maximum Gasteiger partial charge on any atom is 0.285 e. The topological polar surface area (TPSA) is 124 Å². The van der Waals surface area contributed by atoms with Crippen LogP contribution in [0.15, 0.2) is 24.3 Å². The molecule has 0 aliphatic heterocycles. The summed E-state index contributed by atoms with van der Waals surface area (Å²) in [5, 5.41) is 8.71. The molecule has 1 aromatic rings. The molecule has 0 aliphatic carbocycles. The van der Waals surface area contributed by atoms with Crippen LogP contribution in [0.5, 0.6) is 0 Å². The molecule has 0 saturated heterocycles. The predicted molar refractivity (Wildman–Crippen MR) is 51.6 cm³/mol. The van der Waals surface area contributed by atoms with Gasteiger partial charge >= 0.3 is 0 Å². The smallest absolute Gasteiger partial charge is 0.285 e. The molecule has 0 fully saturated rings. The van der Waals surface area contributed by atoms with Gasteiger partial charge in [-0.25, -0.2) is 0 Å². The van der Waals surface area contributed by atoms with Gasteiger partial charge in [0.1, 0.15) is 0 Å². The van der Waals surface area contributed by atoms with Gasteiger partial charge in [-0.05, 0) is 5.56 Å². The van der Waals surface area contributed by atoms with Crippen molar-refractivity contribution >= 4 is 15.8 Å². The fourth-order valence-electron chi connectivity index (χ4n) is 0.987. The molecule has 0 heterocycles. The van der Waals surface area contributed by atoms with Crippen LogP contribution >= 0.6 is 0 Å². The van der Waals surface area contributed by atoms with Gasteiger partial charge in [-0.2, -0.15) is 8.42 Å². The maximum atomic E-state index is 10.7. The van der Waals surface area contributed by atoms with Gasteiger partial charge in [0.15, 0.2) is 5.37 Å². The zero-order valence-corrected chi connectivity index (χ0v) is 8.22.